The predicted molar refractivity (Wildman–Crippen MR) is 79.9 cm³/mol. The zero-order valence-corrected chi connectivity index (χ0v) is 11.9. The highest BCUT2D eigenvalue weighted by Crippen LogP contribution is 2.18. The lowest BCUT2D eigenvalue weighted by atomic mass is 10.1. The molecule has 0 aliphatic carbocycles. The van der Waals surface area contributed by atoms with Gasteiger partial charge in [0.1, 0.15) is 5.75 Å². The van der Waals surface area contributed by atoms with Crippen molar-refractivity contribution in [2.75, 3.05) is 18.5 Å². The maximum absolute atomic E-state index is 10.6. The van der Waals surface area contributed by atoms with Crippen LogP contribution in [0.3, 0.4) is 0 Å². The van der Waals surface area contributed by atoms with Gasteiger partial charge in [-0.25, -0.2) is 0 Å². The molecule has 0 spiro atoms. The van der Waals surface area contributed by atoms with Crippen LogP contribution in [0.2, 0.25) is 0 Å². The Bertz CT molecular complexity index is 427. The van der Waals surface area contributed by atoms with Crippen molar-refractivity contribution in [3.8, 4) is 5.75 Å². The van der Waals surface area contributed by atoms with Crippen LogP contribution in [-0.2, 0) is 4.79 Å². The van der Waals surface area contributed by atoms with Crippen molar-refractivity contribution in [2.45, 2.75) is 38.3 Å². The summed E-state index contributed by atoms with van der Waals surface area (Å²) in [7, 11) is 0. The molecule has 1 aromatic rings. The van der Waals surface area contributed by atoms with Crippen LogP contribution in [0.1, 0.15) is 26.2 Å². The molecule has 0 saturated carbocycles. The summed E-state index contributed by atoms with van der Waals surface area (Å²) in [5.74, 6) is 0.185. The molecule has 1 aliphatic rings. The maximum Gasteiger partial charge on any atom is 0.255 e. The Morgan fingerprint density at radius 1 is 1.50 bits per heavy atom. The van der Waals surface area contributed by atoms with Crippen molar-refractivity contribution in [3.05, 3.63) is 24.3 Å². The fraction of sp³-hybridized carbons (Fsp3) is 0.533. The minimum Gasteiger partial charge on any atom is -0.484 e. The van der Waals surface area contributed by atoms with Gasteiger partial charge in [-0.15, -0.1) is 0 Å². The molecule has 2 atom stereocenters. The minimum atomic E-state index is -0.468. The molecule has 1 heterocycles. The quantitative estimate of drug-likeness (QED) is 0.706. The van der Waals surface area contributed by atoms with E-state index in [-0.39, 0.29) is 6.61 Å². The third kappa shape index (κ3) is 4.74. The third-order valence-electron chi connectivity index (χ3n) is 3.45. The SMILES string of the molecule is CC(CC1CCCN1)Nc1ccc(OCC(N)=O)cc1. The molecular weight excluding hydrogens is 254 g/mol. The number of rotatable bonds is 7. The molecular formula is C15H23N3O2. The average molecular weight is 277 g/mol. The number of primary amides is 1. The lowest BCUT2D eigenvalue weighted by Crippen LogP contribution is -2.29. The summed E-state index contributed by atoms with van der Waals surface area (Å²) >= 11 is 0. The van der Waals surface area contributed by atoms with E-state index in [1.807, 2.05) is 24.3 Å². The molecule has 5 nitrogen and oxygen atoms in total. The molecule has 5 heteroatoms. The van der Waals surface area contributed by atoms with Gasteiger partial charge in [-0.3, -0.25) is 4.79 Å². The van der Waals surface area contributed by atoms with E-state index < -0.39 is 5.91 Å². The summed E-state index contributed by atoms with van der Waals surface area (Å²) in [5, 5.41) is 6.98. The summed E-state index contributed by atoms with van der Waals surface area (Å²) in [6.45, 7) is 3.25. The van der Waals surface area contributed by atoms with Gasteiger partial charge in [-0.1, -0.05) is 0 Å². The van der Waals surface area contributed by atoms with Gasteiger partial charge in [0, 0.05) is 17.8 Å². The molecule has 0 bridgehead atoms. The summed E-state index contributed by atoms with van der Waals surface area (Å²) in [6.07, 6.45) is 3.68. The average Bonchev–Trinajstić information content (AvgIpc) is 2.90. The van der Waals surface area contributed by atoms with Crippen LogP contribution in [0.25, 0.3) is 0 Å². The van der Waals surface area contributed by atoms with Gasteiger partial charge in [-0.2, -0.15) is 0 Å². The number of amides is 1. The van der Waals surface area contributed by atoms with Crippen LogP contribution in [0.5, 0.6) is 5.75 Å². The summed E-state index contributed by atoms with van der Waals surface area (Å²) in [5.41, 5.74) is 6.09. The van der Waals surface area contributed by atoms with Crippen molar-refractivity contribution < 1.29 is 9.53 Å². The van der Waals surface area contributed by atoms with Crippen molar-refractivity contribution in [1.29, 1.82) is 0 Å². The van der Waals surface area contributed by atoms with Crippen molar-refractivity contribution in [3.63, 3.8) is 0 Å². The Balaban J connectivity index is 1.78. The number of hydrogen-bond donors (Lipinski definition) is 3. The predicted octanol–water partition coefficient (Wildman–Crippen LogP) is 1.49. The number of nitrogens with one attached hydrogen (secondary N) is 2. The highest BCUT2D eigenvalue weighted by atomic mass is 16.5. The second kappa shape index (κ2) is 7.14. The molecule has 2 rings (SSSR count). The van der Waals surface area contributed by atoms with Crippen molar-refractivity contribution >= 4 is 11.6 Å². The lowest BCUT2D eigenvalue weighted by Gasteiger charge is -2.19. The van der Waals surface area contributed by atoms with Crippen LogP contribution in [0.4, 0.5) is 5.69 Å². The highest BCUT2D eigenvalue weighted by molar-refractivity contribution is 5.75. The first-order chi connectivity index (χ1) is 9.63. The lowest BCUT2D eigenvalue weighted by molar-refractivity contribution is -0.119. The smallest absolute Gasteiger partial charge is 0.255 e. The van der Waals surface area contributed by atoms with Crippen LogP contribution in [-0.4, -0.2) is 31.1 Å². The van der Waals surface area contributed by atoms with Crippen LogP contribution in [0, 0.1) is 0 Å². The Morgan fingerprint density at radius 3 is 2.85 bits per heavy atom. The molecule has 1 fully saturated rings. The molecule has 0 radical (unpaired) electrons. The van der Waals surface area contributed by atoms with E-state index in [0.29, 0.717) is 17.8 Å². The van der Waals surface area contributed by atoms with Gasteiger partial charge in [0.25, 0.3) is 5.91 Å². The molecule has 1 aromatic carbocycles. The second-order valence-corrected chi connectivity index (χ2v) is 5.35. The zero-order chi connectivity index (χ0) is 14.4. The minimum absolute atomic E-state index is 0.0868. The molecule has 1 saturated heterocycles. The zero-order valence-electron chi connectivity index (χ0n) is 11.9. The molecule has 110 valence electrons. The van der Waals surface area contributed by atoms with Crippen LogP contribution < -0.4 is 21.1 Å². The Labute approximate surface area is 119 Å². The monoisotopic (exact) mass is 277 g/mol. The van der Waals surface area contributed by atoms with Gasteiger partial charge in [0.05, 0.1) is 0 Å². The van der Waals surface area contributed by atoms with E-state index in [0.717, 1.165) is 18.7 Å². The first-order valence-electron chi connectivity index (χ1n) is 7.14. The van der Waals surface area contributed by atoms with Crippen molar-refractivity contribution in [2.24, 2.45) is 5.73 Å². The first kappa shape index (κ1) is 14.7. The Hall–Kier alpha value is -1.75. The van der Waals surface area contributed by atoms with Crippen LogP contribution >= 0.6 is 0 Å². The van der Waals surface area contributed by atoms with Gasteiger partial charge in [-0.05, 0) is 57.0 Å². The summed E-state index contributed by atoms with van der Waals surface area (Å²) in [4.78, 5) is 10.6. The highest BCUT2D eigenvalue weighted by Gasteiger charge is 2.16. The largest absolute Gasteiger partial charge is 0.484 e. The number of benzene rings is 1. The second-order valence-electron chi connectivity index (χ2n) is 5.35. The van der Waals surface area contributed by atoms with Crippen molar-refractivity contribution in [1.82, 2.24) is 5.32 Å². The molecule has 1 aliphatic heterocycles. The number of nitrogens with two attached hydrogens (primary N) is 1. The molecule has 4 N–H and O–H groups in total. The van der Waals surface area contributed by atoms with Gasteiger partial charge >= 0.3 is 0 Å². The van der Waals surface area contributed by atoms with E-state index in [4.69, 9.17) is 10.5 Å². The molecule has 2 unspecified atom stereocenters. The molecule has 20 heavy (non-hydrogen) atoms. The maximum atomic E-state index is 10.6. The number of hydrogen-bond acceptors (Lipinski definition) is 4. The van der Waals surface area contributed by atoms with Gasteiger partial charge in [0.15, 0.2) is 6.61 Å². The van der Waals surface area contributed by atoms with Gasteiger partial charge < -0.3 is 21.1 Å². The van der Waals surface area contributed by atoms with Gasteiger partial charge in [0.2, 0.25) is 0 Å². The third-order valence-corrected chi connectivity index (χ3v) is 3.45. The molecule has 1 amide bonds. The van der Waals surface area contributed by atoms with Crippen LogP contribution in [0.15, 0.2) is 24.3 Å². The standard InChI is InChI=1S/C15H23N3O2/c1-11(9-13-3-2-8-17-13)18-12-4-6-14(7-5-12)20-10-15(16)19/h4-7,11,13,17-18H,2-3,8-10H2,1H3,(H2,16,19). The normalized spacial score (nSPS) is 19.6. The topological polar surface area (TPSA) is 76.4 Å². The summed E-state index contributed by atoms with van der Waals surface area (Å²) < 4.78 is 5.22. The first-order valence-corrected chi connectivity index (χ1v) is 7.14. The Morgan fingerprint density at radius 2 is 2.25 bits per heavy atom. The van der Waals surface area contributed by atoms with E-state index in [1.165, 1.54) is 12.8 Å². The summed E-state index contributed by atoms with van der Waals surface area (Å²) in [6, 6.07) is 8.64. The van der Waals surface area contributed by atoms with E-state index >= 15 is 0 Å². The molecule has 0 aromatic heterocycles. The Kier molecular flexibility index (Phi) is 5.24. The number of carbonyl (C=O) groups is 1. The number of carbonyl (C=O) groups excluding carboxylic acids is 1. The van der Waals surface area contributed by atoms with E-state index in [9.17, 15) is 4.79 Å². The fourth-order valence-electron chi connectivity index (χ4n) is 2.53. The fourth-order valence-corrected chi connectivity index (χ4v) is 2.53. The van der Waals surface area contributed by atoms with E-state index in [2.05, 4.69) is 17.6 Å². The number of ether oxygens (including phenoxy) is 1. The number of anilines is 1. The van der Waals surface area contributed by atoms with E-state index in [1.54, 1.807) is 0 Å².